The van der Waals surface area contributed by atoms with Gasteiger partial charge in [-0.1, -0.05) is 12.5 Å². The highest BCUT2D eigenvalue weighted by Crippen LogP contribution is 2.49. The van der Waals surface area contributed by atoms with Gasteiger partial charge in [-0.25, -0.2) is 0 Å². The molecule has 0 saturated heterocycles. The minimum Gasteiger partial charge on any atom is -0.454 e. The van der Waals surface area contributed by atoms with Crippen LogP contribution < -0.4 is 14.8 Å². The maximum Gasteiger partial charge on any atom is 0.244 e. The zero-order valence-electron chi connectivity index (χ0n) is 13.5. The lowest BCUT2D eigenvalue weighted by atomic mass is 9.84. The Morgan fingerprint density at radius 3 is 2.91 bits per heavy atom. The van der Waals surface area contributed by atoms with E-state index in [0.29, 0.717) is 5.92 Å². The van der Waals surface area contributed by atoms with Gasteiger partial charge < -0.3 is 14.8 Å². The highest BCUT2D eigenvalue weighted by atomic mass is 16.7. The molecule has 0 aromatic heterocycles. The third-order valence-electron chi connectivity index (χ3n) is 5.63. The van der Waals surface area contributed by atoms with Crippen LogP contribution >= 0.6 is 0 Å². The summed E-state index contributed by atoms with van der Waals surface area (Å²) in [7, 11) is 0. The van der Waals surface area contributed by atoms with E-state index in [-0.39, 0.29) is 18.7 Å². The van der Waals surface area contributed by atoms with Gasteiger partial charge in [0.15, 0.2) is 11.5 Å². The van der Waals surface area contributed by atoms with Crippen LogP contribution in [0.2, 0.25) is 0 Å². The third-order valence-corrected chi connectivity index (χ3v) is 5.63. The summed E-state index contributed by atoms with van der Waals surface area (Å²) in [6, 6.07) is 5.96. The average Bonchev–Trinajstić information content (AvgIpc) is 3.28. The van der Waals surface area contributed by atoms with Gasteiger partial charge in [0.1, 0.15) is 0 Å². The molecule has 1 aliphatic heterocycles. The quantitative estimate of drug-likeness (QED) is 0.867. The summed E-state index contributed by atoms with van der Waals surface area (Å²) in [6.07, 6.45) is 8.84. The Hall–Kier alpha value is -1.97. The molecule has 1 aromatic rings. The van der Waals surface area contributed by atoms with Crippen LogP contribution in [0.5, 0.6) is 11.5 Å². The zero-order chi connectivity index (χ0) is 15.8. The minimum atomic E-state index is -0.0158. The third kappa shape index (κ3) is 2.94. The Labute approximate surface area is 136 Å². The minimum absolute atomic E-state index is 0.0158. The van der Waals surface area contributed by atoms with E-state index in [1.807, 2.05) is 24.3 Å². The number of amides is 1. The SMILES string of the molecule is C[C@H](NC(=O)/C=C/c1ccc2c(c1)OCO2)[C@@H]1C[C@H]2CC[C@H]1C2. The first-order valence-electron chi connectivity index (χ1n) is 8.57. The summed E-state index contributed by atoms with van der Waals surface area (Å²) in [5.41, 5.74) is 0.942. The fraction of sp³-hybridized carbons (Fsp3) is 0.526. The zero-order valence-corrected chi connectivity index (χ0v) is 13.5. The number of benzene rings is 1. The molecule has 4 rings (SSSR count). The van der Waals surface area contributed by atoms with Crippen molar-refractivity contribution < 1.29 is 14.3 Å². The Bertz CT molecular complexity index is 640. The molecule has 122 valence electrons. The fourth-order valence-corrected chi connectivity index (χ4v) is 4.47. The molecular weight excluding hydrogens is 290 g/mol. The van der Waals surface area contributed by atoms with Crippen molar-refractivity contribution >= 4 is 12.0 Å². The molecule has 23 heavy (non-hydrogen) atoms. The van der Waals surface area contributed by atoms with Crippen LogP contribution in [-0.2, 0) is 4.79 Å². The first kappa shape index (κ1) is 14.6. The molecule has 2 aliphatic carbocycles. The second kappa shape index (κ2) is 5.91. The van der Waals surface area contributed by atoms with Gasteiger partial charge in [0.2, 0.25) is 12.7 Å². The number of fused-ring (bicyclic) bond motifs is 3. The highest BCUT2D eigenvalue weighted by molar-refractivity contribution is 5.92. The van der Waals surface area contributed by atoms with Crippen molar-refractivity contribution in [3.8, 4) is 11.5 Å². The van der Waals surface area contributed by atoms with E-state index in [1.54, 1.807) is 6.08 Å². The van der Waals surface area contributed by atoms with Crippen molar-refractivity contribution in [3.05, 3.63) is 29.8 Å². The molecule has 1 aromatic carbocycles. The normalized spacial score (nSPS) is 29.2. The summed E-state index contributed by atoms with van der Waals surface area (Å²) < 4.78 is 10.6. The van der Waals surface area contributed by atoms with Crippen LogP contribution in [0.25, 0.3) is 6.08 Å². The number of carbonyl (C=O) groups is 1. The van der Waals surface area contributed by atoms with Gasteiger partial charge in [0.25, 0.3) is 0 Å². The molecule has 1 heterocycles. The molecule has 1 amide bonds. The summed E-state index contributed by atoms with van der Waals surface area (Å²) in [5, 5.41) is 3.15. The van der Waals surface area contributed by atoms with Gasteiger partial charge in [-0.2, -0.15) is 0 Å². The summed E-state index contributed by atoms with van der Waals surface area (Å²) in [4.78, 5) is 12.2. The van der Waals surface area contributed by atoms with Crippen LogP contribution in [0, 0.1) is 17.8 Å². The molecule has 1 N–H and O–H groups in total. The Morgan fingerprint density at radius 1 is 1.26 bits per heavy atom. The topological polar surface area (TPSA) is 47.6 Å². The molecule has 4 heteroatoms. The second-order valence-electron chi connectivity index (χ2n) is 7.08. The molecule has 0 spiro atoms. The van der Waals surface area contributed by atoms with E-state index in [4.69, 9.17) is 9.47 Å². The van der Waals surface area contributed by atoms with E-state index in [1.165, 1.54) is 25.7 Å². The maximum atomic E-state index is 12.2. The summed E-state index contributed by atoms with van der Waals surface area (Å²) in [6.45, 7) is 2.42. The van der Waals surface area contributed by atoms with Gasteiger partial charge in [0.05, 0.1) is 0 Å². The van der Waals surface area contributed by atoms with E-state index in [2.05, 4.69) is 12.2 Å². The number of nitrogens with one attached hydrogen (secondary N) is 1. The Kier molecular flexibility index (Phi) is 3.76. The maximum absolute atomic E-state index is 12.2. The van der Waals surface area contributed by atoms with Gasteiger partial charge in [-0.3, -0.25) is 4.79 Å². The second-order valence-corrected chi connectivity index (χ2v) is 7.08. The molecule has 4 nitrogen and oxygen atoms in total. The molecule has 2 fully saturated rings. The first-order chi connectivity index (χ1) is 11.2. The van der Waals surface area contributed by atoms with Gasteiger partial charge in [-0.15, -0.1) is 0 Å². The van der Waals surface area contributed by atoms with E-state index in [0.717, 1.165) is 28.9 Å². The van der Waals surface area contributed by atoms with Crippen molar-refractivity contribution in [1.29, 1.82) is 0 Å². The smallest absolute Gasteiger partial charge is 0.244 e. The summed E-state index contributed by atoms with van der Waals surface area (Å²) >= 11 is 0. The molecule has 0 unspecified atom stereocenters. The number of rotatable bonds is 4. The Morgan fingerprint density at radius 2 is 2.13 bits per heavy atom. The van der Waals surface area contributed by atoms with Crippen molar-refractivity contribution in [2.75, 3.05) is 6.79 Å². The predicted octanol–water partition coefficient (Wildman–Crippen LogP) is 3.37. The lowest BCUT2D eigenvalue weighted by Crippen LogP contribution is -2.39. The molecule has 0 radical (unpaired) electrons. The number of ether oxygens (including phenoxy) is 2. The van der Waals surface area contributed by atoms with Gasteiger partial charge in [0, 0.05) is 12.1 Å². The molecule has 2 bridgehead atoms. The van der Waals surface area contributed by atoms with Crippen LogP contribution in [-0.4, -0.2) is 18.7 Å². The lowest BCUT2D eigenvalue weighted by Gasteiger charge is -2.28. The largest absolute Gasteiger partial charge is 0.454 e. The summed E-state index contributed by atoms with van der Waals surface area (Å²) in [5.74, 6) is 3.88. The van der Waals surface area contributed by atoms with Crippen LogP contribution in [0.15, 0.2) is 24.3 Å². The van der Waals surface area contributed by atoms with E-state index < -0.39 is 0 Å². The standard InChI is InChI=1S/C19H23NO3/c1-12(16-9-14-2-5-15(16)8-14)20-19(21)7-4-13-3-6-17-18(10-13)23-11-22-17/h3-4,6-7,10,12,14-16H,2,5,8-9,11H2,1H3,(H,20,21)/b7-4+/t12-,14-,15-,16-/m0/s1. The molecule has 3 aliphatic rings. The fourth-order valence-electron chi connectivity index (χ4n) is 4.47. The molecular formula is C19H23NO3. The van der Waals surface area contributed by atoms with Crippen molar-refractivity contribution in [2.24, 2.45) is 17.8 Å². The van der Waals surface area contributed by atoms with Crippen LogP contribution in [0.3, 0.4) is 0 Å². The van der Waals surface area contributed by atoms with Crippen molar-refractivity contribution in [1.82, 2.24) is 5.32 Å². The highest BCUT2D eigenvalue weighted by Gasteiger charge is 2.41. The van der Waals surface area contributed by atoms with Gasteiger partial charge >= 0.3 is 0 Å². The predicted molar refractivity (Wildman–Crippen MR) is 88.1 cm³/mol. The molecule has 2 saturated carbocycles. The monoisotopic (exact) mass is 313 g/mol. The number of hydrogen-bond acceptors (Lipinski definition) is 3. The Balaban J connectivity index is 1.34. The van der Waals surface area contributed by atoms with E-state index >= 15 is 0 Å². The average molecular weight is 313 g/mol. The van der Waals surface area contributed by atoms with Crippen molar-refractivity contribution in [3.63, 3.8) is 0 Å². The van der Waals surface area contributed by atoms with Gasteiger partial charge in [-0.05, 0) is 67.7 Å². The number of carbonyl (C=O) groups excluding carboxylic acids is 1. The lowest BCUT2D eigenvalue weighted by molar-refractivity contribution is -0.117. The van der Waals surface area contributed by atoms with Crippen LogP contribution in [0.1, 0.15) is 38.2 Å². The van der Waals surface area contributed by atoms with Crippen LogP contribution in [0.4, 0.5) is 0 Å². The number of hydrogen-bond donors (Lipinski definition) is 1. The van der Waals surface area contributed by atoms with Crippen molar-refractivity contribution in [2.45, 2.75) is 38.6 Å². The van der Waals surface area contributed by atoms with E-state index in [9.17, 15) is 4.79 Å². The first-order valence-corrected chi connectivity index (χ1v) is 8.57. The molecule has 4 atom stereocenters.